The molecule has 6 rings (SSSR count). The number of hydrogen-bond donors (Lipinski definition) is 0. The molecule has 4 aromatic rings. The van der Waals surface area contributed by atoms with E-state index < -0.39 is 0 Å². The van der Waals surface area contributed by atoms with Crippen LogP contribution in [0, 0.1) is 17.5 Å². The van der Waals surface area contributed by atoms with E-state index in [1.165, 1.54) is 16.8 Å². The van der Waals surface area contributed by atoms with Crippen LogP contribution in [0.25, 0.3) is 27.2 Å². The zero-order valence-corrected chi connectivity index (χ0v) is 20.0. The molecule has 150 valence electrons. The van der Waals surface area contributed by atoms with Gasteiger partial charge in [-0.15, -0.1) is 10.8 Å². The second-order valence-corrected chi connectivity index (χ2v) is 9.71. The Morgan fingerprint density at radius 1 is 0.833 bits per heavy atom. The fraction of sp³-hybridized carbons (Fsp3) is 0.200. The van der Waals surface area contributed by atoms with Gasteiger partial charge in [0, 0.05) is 5.69 Å². The normalized spacial score (nSPS) is 19.2. The first-order valence-electron chi connectivity index (χ1n) is 9.87. The van der Waals surface area contributed by atoms with Crippen LogP contribution < -0.4 is 0 Å². The Morgan fingerprint density at radius 3 is 2.20 bits per heavy atom. The second kappa shape index (κ2) is 8.00. The molecule has 0 N–H and O–H groups in total. The van der Waals surface area contributed by atoms with Crippen molar-refractivity contribution in [2.75, 3.05) is 0 Å². The summed E-state index contributed by atoms with van der Waals surface area (Å²) in [5.74, 6) is 0. The Kier molecular flexibility index (Phi) is 5.34. The van der Waals surface area contributed by atoms with Crippen molar-refractivity contribution >= 4 is 28.7 Å². The van der Waals surface area contributed by atoms with Gasteiger partial charge >= 0.3 is 21.1 Å². The van der Waals surface area contributed by atoms with Crippen molar-refractivity contribution < 1.29 is 21.1 Å². The number of nitrogens with zero attached hydrogens (tertiary/aromatic N) is 2. The van der Waals surface area contributed by atoms with Crippen molar-refractivity contribution in [2.24, 2.45) is 5.41 Å². The molecule has 0 aliphatic heterocycles. The van der Waals surface area contributed by atoms with Crippen molar-refractivity contribution in [3.63, 3.8) is 0 Å². The summed E-state index contributed by atoms with van der Waals surface area (Å²) in [4.78, 5) is 12.1. The Hall–Kier alpha value is -1.87. The molecule has 0 fully saturated rings. The third kappa shape index (κ3) is 3.55. The SMILES string of the molecule is [Pt+2].[c-]1ccsc1-c1ccc2c(n1)C=CC1(CCc3nc(-c4[c-]ccs4)ccc3C1)C2. The zero-order chi connectivity index (χ0) is 19.3. The molecule has 1 unspecified atom stereocenters. The van der Waals surface area contributed by atoms with Gasteiger partial charge in [-0.25, -0.2) is 22.7 Å². The maximum absolute atomic E-state index is 4.96. The molecule has 0 saturated heterocycles. The Labute approximate surface area is 199 Å². The molecule has 0 radical (unpaired) electrons. The molecule has 0 aromatic carbocycles. The summed E-state index contributed by atoms with van der Waals surface area (Å²) in [6.07, 6.45) is 8.93. The summed E-state index contributed by atoms with van der Waals surface area (Å²) in [6, 6.07) is 19.3. The molecule has 1 spiro atoms. The molecule has 0 bridgehead atoms. The molecule has 1 atom stereocenters. The van der Waals surface area contributed by atoms with Gasteiger partial charge in [0.15, 0.2) is 0 Å². The predicted molar refractivity (Wildman–Crippen MR) is 120 cm³/mol. The molecule has 5 heteroatoms. The molecule has 0 amide bonds. The molecule has 2 nitrogen and oxygen atoms in total. The van der Waals surface area contributed by atoms with E-state index in [-0.39, 0.29) is 26.5 Å². The zero-order valence-electron chi connectivity index (χ0n) is 16.1. The average Bonchev–Trinajstić information content (AvgIpc) is 3.47. The van der Waals surface area contributed by atoms with Crippen LogP contribution in [0.1, 0.15) is 28.9 Å². The van der Waals surface area contributed by atoms with E-state index in [9.17, 15) is 0 Å². The van der Waals surface area contributed by atoms with Gasteiger partial charge in [-0.1, -0.05) is 40.1 Å². The van der Waals surface area contributed by atoms with Crippen molar-refractivity contribution in [3.8, 4) is 21.1 Å². The fourth-order valence-corrected chi connectivity index (χ4v) is 5.83. The molecule has 2 aliphatic rings. The molecular weight excluding hydrogens is 588 g/mol. The number of rotatable bonds is 2. The van der Waals surface area contributed by atoms with Crippen LogP contribution in [-0.2, 0) is 40.3 Å². The van der Waals surface area contributed by atoms with E-state index in [4.69, 9.17) is 9.97 Å². The quantitative estimate of drug-likeness (QED) is 0.252. The fourth-order valence-electron chi connectivity index (χ4n) is 4.54. The number of pyridine rings is 2. The maximum Gasteiger partial charge on any atom is 2.00 e. The summed E-state index contributed by atoms with van der Waals surface area (Å²) in [5, 5.41) is 4.11. The second-order valence-electron chi connectivity index (χ2n) is 7.88. The van der Waals surface area contributed by atoms with Gasteiger partial charge in [0.2, 0.25) is 0 Å². The van der Waals surface area contributed by atoms with E-state index in [0.29, 0.717) is 0 Å². The van der Waals surface area contributed by atoms with E-state index in [2.05, 4.69) is 59.3 Å². The first-order valence-corrected chi connectivity index (χ1v) is 11.6. The molecule has 30 heavy (non-hydrogen) atoms. The molecule has 4 aromatic heterocycles. The minimum atomic E-state index is 0. The third-order valence-electron chi connectivity index (χ3n) is 6.02. The molecule has 4 heterocycles. The summed E-state index contributed by atoms with van der Waals surface area (Å²) >= 11 is 3.39. The predicted octanol–water partition coefficient (Wildman–Crippen LogP) is 6.28. The van der Waals surface area contributed by atoms with Crippen LogP contribution in [-0.4, -0.2) is 9.97 Å². The summed E-state index contributed by atoms with van der Waals surface area (Å²) < 4.78 is 0. The molecule has 2 aliphatic carbocycles. The minimum absolute atomic E-state index is 0. The Morgan fingerprint density at radius 2 is 1.50 bits per heavy atom. The first-order chi connectivity index (χ1) is 14.3. The van der Waals surface area contributed by atoms with Crippen molar-refractivity contribution in [1.82, 2.24) is 9.97 Å². The van der Waals surface area contributed by atoms with E-state index >= 15 is 0 Å². The minimum Gasteiger partial charge on any atom is -0.315 e. The maximum atomic E-state index is 4.96. The number of allylic oxidation sites excluding steroid dienone is 1. The summed E-state index contributed by atoms with van der Waals surface area (Å²) in [5.41, 5.74) is 7.39. The van der Waals surface area contributed by atoms with E-state index in [1.807, 2.05) is 12.1 Å². The van der Waals surface area contributed by atoms with Gasteiger partial charge in [0.25, 0.3) is 0 Å². The number of aromatic nitrogens is 2. The number of fused-ring (bicyclic) bond motifs is 2. The number of aryl methyl sites for hydroxylation is 1. The third-order valence-corrected chi connectivity index (χ3v) is 7.69. The largest absolute Gasteiger partial charge is 2.00 e. The topological polar surface area (TPSA) is 25.8 Å². The summed E-state index contributed by atoms with van der Waals surface area (Å²) in [6.45, 7) is 0. The van der Waals surface area contributed by atoms with Crippen LogP contribution in [0.15, 0.2) is 53.2 Å². The van der Waals surface area contributed by atoms with Gasteiger partial charge in [-0.05, 0) is 59.7 Å². The van der Waals surface area contributed by atoms with Crippen LogP contribution in [0.3, 0.4) is 0 Å². The van der Waals surface area contributed by atoms with Crippen LogP contribution >= 0.6 is 22.7 Å². The Bertz CT molecular complexity index is 1210. The Balaban J connectivity index is 0.00000193. The van der Waals surface area contributed by atoms with Crippen molar-refractivity contribution in [3.05, 3.63) is 87.9 Å². The van der Waals surface area contributed by atoms with Crippen molar-refractivity contribution in [1.29, 1.82) is 0 Å². The smallest absolute Gasteiger partial charge is 0.315 e. The average molecular weight is 606 g/mol. The van der Waals surface area contributed by atoms with Crippen molar-refractivity contribution in [2.45, 2.75) is 25.7 Å². The molecular formula is C25H18N2PtS2. The van der Waals surface area contributed by atoms with Gasteiger partial charge < -0.3 is 9.97 Å². The molecule has 0 saturated carbocycles. The van der Waals surface area contributed by atoms with Crippen LogP contribution in [0.5, 0.6) is 0 Å². The van der Waals surface area contributed by atoms with Gasteiger partial charge in [0.1, 0.15) is 0 Å². The first kappa shape index (κ1) is 20.1. The van der Waals surface area contributed by atoms with Gasteiger partial charge in [-0.3, -0.25) is 0 Å². The van der Waals surface area contributed by atoms with E-state index in [0.717, 1.165) is 52.5 Å². The van der Waals surface area contributed by atoms with Gasteiger partial charge in [0.05, 0.1) is 5.69 Å². The number of hydrogen-bond acceptors (Lipinski definition) is 4. The van der Waals surface area contributed by atoms with E-state index in [1.54, 1.807) is 22.7 Å². The standard InChI is InChI=1S/C25H18N2S2.Pt/c1-3-23(28-13-1)21-7-5-17-15-25(11-9-19(17)26-21)12-10-20-18(16-25)6-8-22(27-20)24-4-2-14-29-24;/h1-2,5-9,11,13-14H,10,12,15-16H2;/q-2;+2. The summed E-state index contributed by atoms with van der Waals surface area (Å²) in [7, 11) is 0. The monoisotopic (exact) mass is 605 g/mol. The van der Waals surface area contributed by atoms with Crippen LogP contribution in [0.2, 0.25) is 0 Å². The van der Waals surface area contributed by atoms with Crippen LogP contribution in [0.4, 0.5) is 0 Å². The number of thiophene rings is 2. The van der Waals surface area contributed by atoms with Gasteiger partial charge in [-0.2, -0.15) is 24.3 Å².